The van der Waals surface area contributed by atoms with Gasteiger partial charge in [-0.15, -0.1) is 0 Å². The van der Waals surface area contributed by atoms with E-state index < -0.39 is 12.4 Å². The van der Waals surface area contributed by atoms with E-state index in [-0.39, 0.29) is 5.92 Å². The zero-order valence-electron chi connectivity index (χ0n) is 8.41. The van der Waals surface area contributed by atoms with Gasteiger partial charge in [-0.05, 0) is 19.8 Å². The molecular weight excluding hydrogens is 156 g/mol. The van der Waals surface area contributed by atoms with Crippen LogP contribution in [0.15, 0.2) is 0 Å². The van der Waals surface area contributed by atoms with Gasteiger partial charge in [-0.1, -0.05) is 13.8 Å². The van der Waals surface area contributed by atoms with Crippen LogP contribution in [-0.2, 0) is 9.47 Å². The summed E-state index contributed by atoms with van der Waals surface area (Å²) in [4.78, 5) is 0. The molecule has 0 aromatic carbocycles. The number of hydrogen-bond acceptors (Lipinski definition) is 3. The van der Waals surface area contributed by atoms with Crippen molar-refractivity contribution in [1.29, 1.82) is 0 Å². The Bertz CT molecular complexity index is 97.9. The zero-order chi connectivity index (χ0) is 9.56. The van der Waals surface area contributed by atoms with E-state index in [1.165, 1.54) is 0 Å². The Morgan fingerprint density at radius 2 is 1.50 bits per heavy atom. The Balaban J connectivity index is 3.89. The summed E-state index contributed by atoms with van der Waals surface area (Å²) in [6.07, 6.45) is -1.01. The molecule has 74 valence electrons. The summed E-state index contributed by atoms with van der Waals surface area (Å²) in [6, 6.07) is 0. The second-order valence-corrected chi connectivity index (χ2v) is 3.01. The maximum Gasteiger partial charge on any atom is 0.183 e. The van der Waals surface area contributed by atoms with Crippen LogP contribution in [0, 0.1) is 5.92 Å². The van der Waals surface area contributed by atoms with Crippen LogP contribution >= 0.6 is 0 Å². The molecule has 1 N–H and O–H groups in total. The van der Waals surface area contributed by atoms with Crippen molar-refractivity contribution in [2.24, 2.45) is 5.92 Å². The summed E-state index contributed by atoms with van der Waals surface area (Å²) in [5.41, 5.74) is 0. The normalized spacial score (nSPS) is 14.2. The molecule has 0 saturated carbocycles. The quantitative estimate of drug-likeness (QED) is 0.622. The molecule has 0 heterocycles. The fourth-order valence-electron chi connectivity index (χ4n) is 0.888. The second kappa shape index (κ2) is 6.40. The third-order valence-electron chi connectivity index (χ3n) is 1.62. The summed E-state index contributed by atoms with van der Waals surface area (Å²) < 4.78 is 10.5. The van der Waals surface area contributed by atoms with Crippen LogP contribution < -0.4 is 0 Å². The van der Waals surface area contributed by atoms with Gasteiger partial charge >= 0.3 is 0 Å². The van der Waals surface area contributed by atoms with Gasteiger partial charge in [0.25, 0.3) is 0 Å². The highest BCUT2D eigenvalue weighted by atomic mass is 16.7. The van der Waals surface area contributed by atoms with Gasteiger partial charge in [-0.2, -0.15) is 0 Å². The lowest BCUT2D eigenvalue weighted by atomic mass is 10.1. The molecule has 1 unspecified atom stereocenters. The Hall–Kier alpha value is -0.120. The van der Waals surface area contributed by atoms with Crippen LogP contribution in [0.25, 0.3) is 0 Å². The van der Waals surface area contributed by atoms with Gasteiger partial charge in [0.05, 0.1) is 0 Å². The molecule has 0 aliphatic rings. The summed E-state index contributed by atoms with van der Waals surface area (Å²) in [7, 11) is 0. The highest BCUT2D eigenvalue weighted by molar-refractivity contribution is 4.63. The first-order valence-corrected chi connectivity index (χ1v) is 4.54. The predicted molar refractivity (Wildman–Crippen MR) is 47.9 cm³/mol. The van der Waals surface area contributed by atoms with E-state index in [2.05, 4.69) is 0 Å². The van der Waals surface area contributed by atoms with Crippen LogP contribution in [0.2, 0.25) is 0 Å². The highest BCUT2D eigenvalue weighted by Gasteiger charge is 2.22. The first kappa shape index (κ1) is 11.9. The topological polar surface area (TPSA) is 38.7 Å². The van der Waals surface area contributed by atoms with E-state index in [1.807, 2.05) is 27.7 Å². The lowest BCUT2D eigenvalue weighted by Crippen LogP contribution is -2.35. The van der Waals surface area contributed by atoms with E-state index in [0.717, 1.165) is 0 Å². The molecule has 0 bridgehead atoms. The van der Waals surface area contributed by atoms with E-state index in [1.54, 1.807) is 0 Å². The first-order valence-electron chi connectivity index (χ1n) is 4.54. The Labute approximate surface area is 74.7 Å². The van der Waals surface area contributed by atoms with Crippen molar-refractivity contribution in [3.8, 4) is 0 Å². The minimum atomic E-state index is -0.537. The largest absolute Gasteiger partial charge is 0.388 e. The smallest absolute Gasteiger partial charge is 0.183 e. The molecule has 3 nitrogen and oxygen atoms in total. The van der Waals surface area contributed by atoms with Crippen LogP contribution in [0.3, 0.4) is 0 Å². The van der Waals surface area contributed by atoms with Crippen molar-refractivity contribution in [2.45, 2.75) is 40.1 Å². The summed E-state index contributed by atoms with van der Waals surface area (Å²) >= 11 is 0. The number of aliphatic hydroxyl groups is 1. The zero-order valence-corrected chi connectivity index (χ0v) is 8.41. The van der Waals surface area contributed by atoms with Gasteiger partial charge in [0.2, 0.25) is 0 Å². The third kappa shape index (κ3) is 4.04. The number of aliphatic hydroxyl groups excluding tert-OH is 1. The van der Waals surface area contributed by atoms with Crippen molar-refractivity contribution >= 4 is 0 Å². The molecule has 12 heavy (non-hydrogen) atoms. The first-order chi connectivity index (χ1) is 5.63. The molecule has 0 aromatic heterocycles. The molecular formula is C9H20O3. The van der Waals surface area contributed by atoms with E-state index in [9.17, 15) is 5.11 Å². The molecule has 0 aliphatic carbocycles. The molecule has 0 fully saturated rings. The summed E-state index contributed by atoms with van der Waals surface area (Å²) in [5.74, 6) is 0.160. The average molecular weight is 176 g/mol. The number of rotatable bonds is 6. The molecule has 0 aromatic rings. The Morgan fingerprint density at radius 1 is 1.08 bits per heavy atom. The predicted octanol–water partition coefficient (Wildman–Crippen LogP) is 1.40. The van der Waals surface area contributed by atoms with E-state index in [4.69, 9.17) is 9.47 Å². The lowest BCUT2D eigenvalue weighted by molar-refractivity contribution is -0.199. The van der Waals surface area contributed by atoms with Crippen LogP contribution in [0.4, 0.5) is 0 Å². The molecule has 0 spiro atoms. The van der Waals surface area contributed by atoms with Crippen LogP contribution in [-0.4, -0.2) is 30.7 Å². The monoisotopic (exact) mass is 176 g/mol. The lowest BCUT2D eigenvalue weighted by Gasteiger charge is -2.24. The third-order valence-corrected chi connectivity index (χ3v) is 1.62. The van der Waals surface area contributed by atoms with Gasteiger partial charge in [0, 0.05) is 13.2 Å². The minimum Gasteiger partial charge on any atom is -0.388 e. The minimum absolute atomic E-state index is 0.160. The number of ether oxygens (including phenoxy) is 2. The standard InChI is InChI=1S/C9H20O3/c1-5-11-9(12-6-2)8(10)7(3)4/h7-10H,5-6H2,1-4H3. The van der Waals surface area contributed by atoms with Crippen molar-refractivity contribution in [2.75, 3.05) is 13.2 Å². The molecule has 0 rings (SSSR count). The van der Waals surface area contributed by atoms with Crippen molar-refractivity contribution in [3.63, 3.8) is 0 Å². The van der Waals surface area contributed by atoms with Crippen molar-refractivity contribution < 1.29 is 14.6 Å². The van der Waals surface area contributed by atoms with E-state index >= 15 is 0 Å². The SMILES string of the molecule is CCOC(OCC)C(O)C(C)C. The summed E-state index contributed by atoms with van der Waals surface area (Å²) in [5, 5.41) is 9.60. The van der Waals surface area contributed by atoms with Gasteiger partial charge in [0.15, 0.2) is 6.29 Å². The van der Waals surface area contributed by atoms with E-state index in [0.29, 0.717) is 13.2 Å². The van der Waals surface area contributed by atoms with Crippen molar-refractivity contribution in [1.82, 2.24) is 0 Å². The van der Waals surface area contributed by atoms with Crippen LogP contribution in [0.1, 0.15) is 27.7 Å². The molecule has 0 saturated heterocycles. The summed E-state index contributed by atoms with van der Waals surface area (Å²) in [6.45, 7) is 8.78. The van der Waals surface area contributed by atoms with Gasteiger partial charge in [-0.3, -0.25) is 0 Å². The number of hydrogen-bond donors (Lipinski definition) is 1. The molecule has 1 atom stereocenters. The van der Waals surface area contributed by atoms with Gasteiger partial charge < -0.3 is 14.6 Å². The van der Waals surface area contributed by atoms with Crippen molar-refractivity contribution in [3.05, 3.63) is 0 Å². The maximum absolute atomic E-state index is 9.60. The Kier molecular flexibility index (Phi) is 6.34. The van der Waals surface area contributed by atoms with Gasteiger partial charge in [-0.25, -0.2) is 0 Å². The van der Waals surface area contributed by atoms with Crippen LogP contribution in [0.5, 0.6) is 0 Å². The van der Waals surface area contributed by atoms with Gasteiger partial charge in [0.1, 0.15) is 6.10 Å². The molecule has 0 radical (unpaired) electrons. The molecule has 0 amide bonds. The maximum atomic E-state index is 9.60. The molecule has 0 aliphatic heterocycles. The fourth-order valence-corrected chi connectivity index (χ4v) is 0.888. The molecule has 3 heteroatoms. The fraction of sp³-hybridized carbons (Fsp3) is 1.00. The second-order valence-electron chi connectivity index (χ2n) is 3.01. The highest BCUT2D eigenvalue weighted by Crippen LogP contribution is 2.10. The average Bonchev–Trinajstić information content (AvgIpc) is 2.03. The Morgan fingerprint density at radius 3 is 1.75 bits per heavy atom.